The van der Waals surface area contributed by atoms with Crippen molar-refractivity contribution in [3.8, 4) is 0 Å². The molecule has 0 radical (unpaired) electrons. The summed E-state index contributed by atoms with van der Waals surface area (Å²) < 4.78 is 3.93. The summed E-state index contributed by atoms with van der Waals surface area (Å²) in [4.78, 5) is 15.1. The molecule has 0 saturated carbocycles. The maximum Gasteiger partial charge on any atom is 0.267 e. The van der Waals surface area contributed by atoms with Crippen molar-refractivity contribution in [3.63, 3.8) is 0 Å². The van der Waals surface area contributed by atoms with E-state index in [1.807, 2.05) is 4.90 Å². The van der Waals surface area contributed by atoms with Crippen LogP contribution in [-0.2, 0) is 6.42 Å². The fourth-order valence-electron chi connectivity index (χ4n) is 2.58. The van der Waals surface area contributed by atoms with Gasteiger partial charge < -0.3 is 10.6 Å². The van der Waals surface area contributed by atoms with Crippen LogP contribution in [0.2, 0.25) is 0 Å². The Labute approximate surface area is 118 Å². The van der Waals surface area contributed by atoms with Crippen LogP contribution in [0.15, 0.2) is 0 Å². The average Bonchev–Trinajstić information content (AvgIpc) is 2.88. The number of nitrogens with two attached hydrogens (primary N) is 1. The number of likely N-dealkylation sites (tertiary alicyclic amines) is 1. The molecule has 19 heavy (non-hydrogen) atoms. The van der Waals surface area contributed by atoms with Gasteiger partial charge in [-0.05, 0) is 49.7 Å². The first-order valence-electron chi connectivity index (χ1n) is 7.06. The third-order valence-electron chi connectivity index (χ3n) is 3.71. The van der Waals surface area contributed by atoms with Crippen molar-refractivity contribution in [2.24, 2.45) is 11.7 Å². The van der Waals surface area contributed by atoms with Crippen LogP contribution in [0.25, 0.3) is 0 Å². The van der Waals surface area contributed by atoms with Gasteiger partial charge >= 0.3 is 0 Å². The Kier molecular flexibility index (Phi) is 5.27. The fraction of sp³-hybridized carbons (Fsp3) is 0.769. The Morgan fingerprint density at radius 3 is 2.84 bits per heavy atom. The molecule has 1 fully saturated rings. The molecular formula is C13H22N4OS. The third-order valence-corrected chi connectivity index (χ3v) is 4.47. The van der Waals surface area contributed by atoms with Crippen LogP contribution in [0, 0.1) is 5.92 Å². The Morgan fingerprint density at radius 2 is 2.21 bits per heavy atom. The molecule has 2 rings (SSSR count). The van der Waals surface area contributed by atoms with Crippen molar-refractivity contribution >= 4 is 17.4 Å². The topological polar surface area (TPSA) is 72.1 Å². The van der Waals surface area contributed by atoms with E-state index in [1.54, 1.807) is 0 Å². The van der Waals surface area contributed by atoms with Crippen LogP contribution in [0.5, 0.6) is 0 Å². The fourth-order valence-corrected chi connectivity index (χ4v) is 3.25. The highest BCUT2D eigenvalue weighted by molar-refractivity contribution is 7.08. The molecule has 2 heterocycles. The van der Waals surface area contributed by atoms with Gasteiger partial charge in [-0.2, -0.15) is 0 Å². The van der Waals surface area contributed by atoms with Gasteiger partial charge in [-0.3, -0.25) is 4.79 Å². The molecule has 0 spiro atoms. The van der Waals surface area contributed by atoms with Crippen molar-refractivity contribution in [1.29, 1.82) is 0 Å². The second-order valence-electron chi connectivity index (χ2n) is 5.11. The quantitative estimate of drug-likeness (QED) is 0.892. The Morgan fingerprint density at radius 1 is 1.47 bits per heavy atom. The van der Waals surface area contributed by atoms with E-state index in [0.717, 1.165) is 62.3 Å². The van der Waals surface area contributed by atoms with Crippen molar-refractivity contribution in [2.75, 3.05) is 19.6 Å². The van der Waals surface area contributed by atoms with Crippen LogP contribution < -0.4 is 5.73 Å². The lowest BCUT2D eigenvalue weighted by molar-refractivity contribution is 0.0691. The Hall–Kier alpha value is -1.01. The molecule has 0 atom stereocenters. The number of amides is 1. The van der Waals surface area contributed by atoms with E-state index in [2.05, 4.69) is 16.5 Å². The first kappa shape index (κ1) is 14.4. The summed E-state index contributed by atoms with van der Waals surface area (Å²) in [5.74, 6) is 0.799. The van der Waals surface area contributed by atoms with Crippen LogP contribution >= 0.6 is 11.5 Å². The van der Waals surface area contributed by atoms with Crippen LogP contribution in [-0.4, -0.2) is 40.0 Å². The monoisotopic (exact) mass is 282 g/mol. The molecule has 0 aromatic carbocycles. The summed E-state index contributed by atoms with van der Waals surface area (Å²) in [6, 6.07) is 0. The summed E-state index contributed by atoms with van der Waals surface area (Å²) in [7, 11) is 0. The number of piperidine rings is 1. The molecule has 5 nitrogen and oxygen atoms in total. The normalized spacial score (nSPS) is 16.8. The highest BCUT2D eigenvalue weighted by Crippen LogP contribution is 2.23. The minimum absolute atomic E-state index is 0.115. The molecule has 1 aliphatic rings. The first-order chi connectivity index (χ1) is 9.26. The molecule has 2 N–H and O–H groups in total. The van der Waals surface area contributed by atoms with Gasteiger partial charge in [-0.25, -0.2) is 0 Å². The van der Waals surface area contributed by atoms with Gasteiger partial charge in [0.15, 0.2) is 0 Å². The second kappa shape index (κ2) is 6.96. The molecule has 106 valence electrons. The van der Waals surface area contributed by atoms with Gasteiger partial charge in [0, 0.05) is 13.1 Å². The number of carbonyl (C=O) groups excluding carboxylic acids is 1. The molecule has 1 saturated heterocycles. The number of carbonyl (C=O) groups is 1. The molecule has 0 aliphatic carbocycles. The zero-order chi connectivity index (χ0) is 13.7. The maximum absolute atomic E-state index is 12.5. The zero-order valence-electron chi connectivity index (χ0n) is 11.5. The van der Waals surface area contributed by atoms with E-state index < -0.39 is 0 Å². The minimum atomic E-state index is 0.115. The molecule has 1 aromatic heterocycles. The predicted molar refractivity (Wildman–Crippen MR) is 76.2 cm³/mol. The second-order valence-corrected chi connectivity index (χ2v) is 5.87. The highest BCUT2D eigenvalue weighted by atomic mass is 32.1. The van der Waals surface area contributed by atoms with E-state index in [0.29, 0.717) is 5.92 Å². The van der Waals surface area contributed by atoms with E-state index >= 15 is 0 Å². The molecule has 1 amide bonds. The smallest absolute Gasteiger partial charge is 0.267 e. The van der Waals surface area contributed by atoms with Gasteiger partial charge in [0.2, 0.25) is 0 Å². The molecular weight excluding hydrogens is 260 g/mol. The van der Waals surface area contributed by atoms with E-state index in [9.17, 15) is 4.79 Å². The summed E-state index contributed by atoms with van der Waals surface area (Å²) in [5.41, 5.74) is 6.45. The number of aromatic nitrogens is 2. The van der Waals surface area contributed by atoms with Gasteiger partial charge in [-0.15, -0.1) is 5.10 Å². The van der Waals surface area contributed by atoms with Crippen molar-refractivity contribution < 1.29 is 4.79 Å². The predicted octanol–water partition coefficient (Wildman–Crippen LogP) is 1.69. The van der Waals surface area contributed by atoms with Crippen molar-refractivity contribution in [2.45, 2.75) is 39.0 Å². The molecule has 1 aliphatic heterocycles. The number of hydrogen-bond acceptors (Lipinski definition) is 5. The maximum atomic E-state index is 12.5. The van der Waals surface area contributed by atoms with Crippen LogP contribution in [0.1, 0.15) is 48.0 Å². The minimum Gasteiger partial charge on any atom is -0.338 e. The Balaban J connectivity index is 1.95. The van der Waals surface area contributed by atoms with Gasteiger partial charge in [0.05, 0.1) is 5.69 Å². The number of hydrogen-bond donors (Lipinski definition) is 1. The first-order valence-corrected chi connectivity index (χ1v) is 7.84. The summed E-state index contributed by atoms with van der Waals surface area (Å²) in [6.45, 7) is 4.52. The highest BCUT2D eigenvalue weighted by Gasteiger charge is 2.26. The largest absolute Gasteiger partial charge is 0.338 e. The van der Waals surface area contributed by atoms with Crippen LogP contribution in [0.3, 0.4) is 0 Å². The standard InChI is InChI=1S/C13H22N4OS/c1-2-3-11-12(19-16-15-11)13(18)17-8-5-10(4-7-14)6-9-17/h10H,2-9,14H2,1H3. The van der Waals surface area contributed by atoms with Crippen molar-refractivity contribution in [1.82, 2.24) is 14.5 Å². The third kappa shape index (κ3) is 3.51. The number of rotatable bonds is 5. The molecule has 1 aromatic rings. The van der Waals surface area contributed by atoms with Gasteiger partial charge in [0.25, 0.3) is 5.91 Å². The molecule has 6 heteroatoms. The lowest BCUT2D eigenvalue weighted by Crippen LogP contribution is -2.38. The summed E-state index contributed by atoms with van der Waals surface area (Å²) >= 11 is 1.23. The number of aryl methyl sites for hydroxylation is 1. The lowest BCUT2D eigenvalue weighted by Gasteiger charge is -2.31. The summed E-state index contributed by atoms with van der Waals surface area (Å²) in [6.07, 6.45) is 5.03. The zero-order valence-corrected chi connectivity index (χ0v) is 12.3. The SMILES string of the molecule is CCCc1nnsc1C(=O)N1CCC(CCN)CC1. The van der Waals surface area contributed by atoms with Gasteiger partial charge in [-0.1, -0.05) is 17.8 Å². The molecule has 0 unspecified atom stereocenters. The van der Waals surface area contributed by atoms with E-state index in [4.69, 9.17) is 5.73 Å². The number of nitrogens with zero attached hydrogens (tertiary/aromatic N) is 3. The summed E-state index contributed by atoms with van der Waals surface area (Å²) in [5, 5.41) is 4.07. The van der Waals surface area contributed by atoms with Gasteiger partial charge in [0.1, 0.15) is 4.88 Å². The Bertz CT molecular complexity index is 413. The lowest BCUT2D eigenvalue weighted by atomic mass is 9.93. The van der Waals surface area contributed by atoms with E-state index in [1.165, 1.54) is 11.5 Å². The average molecular weight is 282 g/mol. The van der Waals surface area contributed by atoms with Crippen molar-refractivity contribution in [3.05, 3.63) is 10.6 Å². The van der Waals surface area contributed by atoms with Crippen LogP contribution in [0.4, 0.5) is 0 Å². The van der Waals surface area contributed by atoms with E-state index in [-0.39, 0.29) is 5.91 Å². The molecule has 0 bridgehead atoms.